The van der Waals surface area contributed by atoms with Gasteiger partial charge in [-0.2, -0.15) is 0 Å². The highest BCUT2D eigenvalue weighted by molar-refractivity contribution is 6.77. The van der Waals surface area contributed by atoms with Crippen LogP contribution < -0.4 is 0 Å². The van der Waals surface area contributed by atoms with Crippen LogP contribution in [0, 0.1) is 5.92 Å². The van der Waals surface area contributed by atoms with E-state index >= 15 is 0 Å². The zero-order valence-electron chi connectivity index (χ0n) is 27.0. The normalized spacial score (nSPS) is 27.5. The molecule has 1 fully saturated rings. The van der Waals surface area contributed by atoms with Crippen LogP contribution in [0.25, 0.3) is 0 Å². The predicted octanol–water partition coefficient (Wildman–Crippen LogP) is 6.36. The summed E-state index contributed by atoms with van der Waals surface area (Å²) in [4.78, 5) is 26.8. The number of ether oxygens (including phenoxy) is 4. The molecule has 0 amide bonds. The maximum absolute atomic E-state index is 13.6. The first kappa shape index (κ1) is 34.2. The molecule has 1 aliphatic carbocycles. The first-order chi connectivity index (χ1) is 17.6. The monoisotopic (exact) mass is 586 g/mol. The first-order valence-electron chi connectivity index (χ1n) is 14.2. The first-order valence-corrected chi connectivity index (χ1v) is 19.3. The van der Waals surface area contributed by atoms with Gasteiger partial charge in [0.25, 0.3) is 0 Å². The molecular weight excluding hydrogens is 532 g/mol. The maximum atomic E-state index is 13.6. The molecule has 1 aliphatic heterocycles. The molecule has 0 radical (unpaired) electrons. The smallest absolute Gasteiger partial charge is 0.334 e. The van der Waals surface area contributed by atoms with Gasteiger partial charge < -0.3 is 27.8 Å². The quantitative estimate of drug-likeness (QED) is 0.216. The Morgan fingerprint density at radius 3 is 1.90 bits per heavy atom. The number of rotatable bonds is 10. The molecule has 39 heavy (non-hydrogen) atoms. The van der Waals surface area contributed by atoms with Crippen LogP contribution in [-0.4, -0.2) is 73.0 Å². The van der Waals surface area contributed by atoms with Crippen molar-refractivity contribution in [1.29, 1.82) is 0 Å². The number of carbonyl (C=O) groups is 2. The molecule has 2 aliphatic rings. The van der Waals surface area contributed by atoms with Gasteiger partial charge in [0.2, 0.25) is 0 Å². The lowest BCUT2D eigenvalue weighted by Crippen LogP contribution is -2.64. The molecule has 2 rings (SSSR count). The third-order valence-corrected chi connectivity index (χ3v) is 19.7. The van der Waals surface area contributed by atoms with Gasteiger partial charge in [0, 0.05) is 0 Å². The fourth-order valence-corrected chi connectivity index (χ4v) is 13.1. The summed E-state index contributed by atoms with van der Waals surface area (Å²) in [5, 5.41) is -0.103. The summed E-state index contributed by atoms with van der Waals surface area (Å²) < 4.78 is 37.7. The lowest BCUT2D eigenvalue weighted by atomic mass is 9.72. The molecular formula is C29H54O8Si2. The van der Waals surface area contributed by atoms with Gasteiger partial charge in [0.15, 0.2) is 22.4 Å². The molecule has 0 saturated carbocycles. The summed E-state index contributed by atoms with van der Waals surface area (Å²) in [7, 11) is -2.15. The SMILES string of the molecule is COC(=O)C1=C[C@H](O[Si](C)(C)C(C)(C)C)[C@@H]2OC(C)(C)O[C@]2(CO[Si](C(C)C)(C(C)C)C(C)C)[C@@H]1C(=O)OC. The second-order valence-corrected chi connectivity index (χ2v) is 24.2. The van der Waals surface area contributed by atoms with E-state index in [0.29, 0.717) is 16.6 Å². The van der Waals surface area contributed by atoms with Crippen LogP contribution in [0.1, 0.15) is 76.2 Å². The predicted molar refractivity (Wildman–Crippen MR) is 157 cm³/mol. The molecule has 0 aromatic carbocycles. The molecule has 4 atom stereocenters. The van der Waals surface area contributed by atoms with Crippen LogP contribution in [0.2, 0.25) is 34.8 Å². The average molecular weight is 587 g/mol. The van der Waals surface area contributed by atoms with E-state index in [9.17, 15) is 9.59 Å². The summed E-state index contributed by atoms with van der Waals surface area (Å²) >= 11 is 0. The molecule has 1 saturated heterocycles. The Hall–Kier alpha value is -1.05. The van der Waals surface area contributed by atoms with Gasteiger partial charge in [-0.05, 0) is 54.7 Å². The average Bonchev–Trinajstić information content (AvgIpc) is 3.07. The minimum absolute atomic E-state index is 0.0628. The van der Waals surface area contributed by atoms with Crippen molar-refractivity contribution in [3.05, 3.63) is 11.6 Å². The molecule has 0 aromatic heterocycles. The lowest BCUT2D eigenvalue weighted by molar-refractivity contribution is -0.188. The Morgan fingerprint density at radius 2 is 1.49 bits per heavy atom. The van der Waals surface area contributed by atoms with E-state index in [1.54, 1.807) is 6.08 Å². The van der Waals surface area contributed by atoms with Crippen molar-refractivity contribution in [2.75, 3.05) is 20.8 Å². The molecule has 0 N–H and O–H groups in total. The summed E-state index contributed by atoms with van der Waals surface area (Å²) in [6, 6.07) is 0. The van der Waals surface area contributed by atoms with Crippen molar-refractivity contribution in [2.24, 2.45) is 5.92 Å². The van der Waals surface area contributed by atoms with Gasteiger partial charge >= 0.3 is 11.9 Å². The van der Waals surface area contributed by atoms with E-state index in [2.05, 4.69) is 75.4 Å². The van der Waals surface area contributed by atoms with E-state index in [4.69, 9.17) is 27.8 Å². The summed E-state index contributed by atoms with van der Waals surface area (Å²) in [6.45, 7) is 27.7. The van der Waals surface area contributed by atoms with Gasteiger partial charge in [-0.15, -0.1) is 0 Å². The molecule has 226 valence electrons. The van der Waals surface area contributed by atoms with Gasteiger partial charge in [-0.3, -0.25) is 4.79 Å². The van der Waals surface area contributed by atoms with E-state index in [1.807, 2.05) is 13.8 Å². The minimum Gasteiger partial charge on any atom is -0.468 e. The molecule has 8 nitrogen and oxygen atoms in total. The van der Waals surface area contributed by atoms with Crippen LogP contribution in [0.4, 0.5) is 0 Å². The van der Waals surface area contributed by atoms with Crippen molar-refractivity contribution >= 4 is 28.6 Å². The standard InChI is InChI=1S/C29H54O8Si2/c1-18(2)39(19(3)4,20(5)6)34-17-29-23(26(31)33-13)21(25(30)32-12)16-22(24(29)35-28(10,11)37-29)36-38(14,15)27(7,8)9/h16,18-20,22-24H,17H2,1-15H3/t22-,23-,24-,29+/m0/s1. The van der Waals surface area contributed by atoms with E-state index in [-0.39, 0.29) is 17.2 Å². The zero-order chi connectivity index (χ0) is 30.4. The van der Waals surface area contributed by atoms with Crippen LogP contribution in [0.15, 0.2) is 11.6 Å². The number of hydrogen-bond donors (Lipinski definition) is 0. The zero-order valence-corrected chi connectivity index (χ0v) is 29.0. The van der Waals surface area contributed by atoms with Crippen LogP contribution >= 0.6 is 0 Å². The topological polar surface area (TPSA) is 89.5 Å². The van der Waals surface area contributed by atoms with Crippen molar-refractivity contribution in [2.45, 2.75) is 135 Å². The molecule has 0 bridgehead atoms. The fraction of sp³-hybridized carbons (Fsp3) is 0.862. The van der Waals surface area contributed by atoms with Gasteiger partial charge in [-0.25, -0.2) is 4.79 Å². The van der Waals surface area contributed by atoms with Gasteiger partial charge in [-0.1, -0.05) is 62.3 Å². The van der Waals surface area contributed by atoms with E-state index < -0.39 is 58.1 Å². The third kappa shape index (κ3) is 6.26. The minimum atomic E-state index is -2.41. The third-order valence-electron chi connectivity index (χ3n) is 9.12. The number of methoxy groups -OCH3 is 2. The second-order valence-electron chi connectivity index (χ2n) is 14.0. The fourth-order valence-electron chi connectivity index (χ4n) is 6.43. The Morgan fingerprint density at radius 1 is 0.974 bits per heavy atom. The van der Waals surface area contributed by atoms with Crippen molar-refractivity contribution in [3.63, 3.8) is 0 Å². The highest BCUT2D eigenvalue weighted by Gasteiger charge is 2.67. The summed E-state index contributed by atoms with van der Waals surface area (Å²) in [5.74, 6) is -3.40. The highest BCUT2D eigenvalue weighted by Crippen LogP contribution is 2.53. The molecule has 0 unspecified atom stereocenters. The maximum Gasteiger partial charge on any atom is 0.334 e. The summed E-state index contributed by atoms with van der Waals surface area (Å²) in [5.41, 5.74) is -0.299. The van der Waals surface area contributed by atoms with Crippen molar-refractivity contribution in [3.8, 4) is 0 Å². The second kappa shape index (κ2) is 11.7. The number of fused-ring (bicyclic) bond motifs is 1. The molecule has 0 aromatic rings. The Labute approximate surface area is 238 Å². The molecule has 1 heterocycles. The largest absolute Gasteiger partial charge is 0.468 e. The van der Waals surface area contributed by atoms with E-state index in [0.717, 1.165) is 0 Å². The van der Waals surface area contributed by atoms with Gasteiger partial charge in [0.1, 0.15) is 17.6 Å². The number of carbonyl (C=O) groups excluding carboxylic acids is 2. The van der Waals surface area contributed by atoms with Crippen LogP contribution in [0.5, 0.6) is 0 Å². The summed E-state index contributed by atoms with van der Waals surface area (Å²) in [6.07, 6.45) is 0.330. The van der Waals surface area contributed by atoms with Crippen LogP contribution in [0.3, 0.4) is 0 Å². The molecule has 10 heteroatoms. The lowest BCUT2D eigenvalue weighted by Gasteiger charge is -2.50. The Bertz CT molecular complexity index is 912. The highest BCUT2D eigenvalue weighted by atomic mass is 28.4. The number of hydrogen-bond acceptors (Lipinski definition) is 8. The van der Waals surface area contributed by atoms with E-state index in [1.165, 1.54) is 14.2 Å². The Kier molecular flexibility index (Phi) is 10.2. The van der Waals surface area contributed by atoms with Crippen molar-refractivity contribution in [1.82, 2.24) is 0 Å². The Balaban J connectivity index is 2.84. The molecule has 0 spiro atoms. The van der Waals surface area contributed by atoms with Crippen LogP contribution in [-0.2, 0) is 37.4 Å². The van der Waals surface area contributed by atoms with Crippen molar-refractivity contribution < 1.29 is 37.4 Å². The number of esters is 2. The van der Waals surface area contributed by atoms with Gasteiger partial charge in [0.05, 0.1) is 32.5 Å².